The first-order valence-electron chi connectivity index (χ1n) is 17.2. The second kappa shape index (κ2) is 11.6. The number of hydrogen-bond acceptors (Lipinski definition) is 6. The van der Waals surface area contributed by atoms with E-state index in [1.165, 1.54) is 82.8 Å². The van der Waals surface area contributed by atoms with Gasteiger partial charge in [0.05, 0.1) is 0 Å². The number of nitrogens with zero attached hydrogens (tertiary/aromatic N) is 1. The standard InChI is InChI=1S/C45H29N3S3/c1-2-10-26(11-3-1)43-46-44(28-21-23-32-30-12-4-6-18-37(30)49-39(32)25-28)48-45(47-43)36-17-9-16-35-33-22-20-27(24-40(33)51-42(35)36)29-14-8-15-34-31-13-5-7-19-38(31)50-41(29)34/h1-25,44-45,48H,(H,46,47). The van der Waals surface area contributed by atoms with Gasteiger partial charge in [0, 0.05) is 71.6 Å². The molecule has 3 aromatic heterocycles. The summed E-state index contributed by atoms with van der Waals surface area (Å²) in [6.07, 6.45) is -0.344. The molecule has 242 valence electrons. The molecule has 0 spiro atoms. The summed E-state index contributed by atoms with van der Waals surface area (Å²) < 4.78 is 7.87. The first-order valence-corrected chi connectivity index (χ1v) is 19.6. The van der Waals surface area contributed by atoms with Crippen LogP contribution in [0.4, 0.5) is 0 Å². The molecule has 51 heavy (non-hydrogen) atoms. The maximum atomic E-state index is 5.34. The fourth-order valence-electron chi connectivity index (χ4n) is 7.73. The summed E-state index contributed by atoms with van der Waals surface area (Å²) in [6.45, 7) is 0. The first-order chi connectivity index (χ1) is 25.2. The average molecular weight is 708 g/mol. The number of thiophene rings is 3. The van der Waals surface area contributed by atoms with Crippen LogP contribution in [0.5, 0.6) is 0 Å². The van der Waals surface area contributed by atoms with Crippen molar-refractivity contribution in [2.75, 3.05) is 0 Å². The van der Waals surface area contributed by atoms with Gasteiger partial charge in [-0.2, -0.15) is 0 Å². The molecule has 3 nitrogen and oxygen atoms in total. The Kier molecular flexibility index (Phi) is 6.67. The van der Waals surface area contributed by atoms with Gasteiger partial charge >= 0.3 is 0 Å². The molecule has 0 radical (unpaired) electrons. The molecule has 4 heterocycles. The van der Waals surface area contributed by atoms with Gasteiger partial charge in [-0.1, -0.05) is 127 Å². The fourth-order valence-corrected chi connectivity index (χ4v) is 11.4. The van der Waals surface area contributed by atoms with Crippen LogP contribution in [-0.4, -0.2) is 5.84 Å². The Labute approximate surface area is 306 Å². The maximum Gasteiger partial charge on any atom is 0.131 e. The molecule has 6 heteroatoms. The van der Waals surface area contributed by atoms with Crippen molar-refractivity contribution in [3.63, 3.8) is 0 Å². The van der Waals surface area contributed by atoms with E-state index in [0.29, 0.717) is 0 Å². The quantitative estimate of drug-likeness (QED) is 0.191. The predicted molar refractivity (Wildman–Crippen MR) is 222 cm³/mol. The number of nitrogens with one attached hydrogen (secondary N) is 2. The molecule has 7 aromatic carbocycles. The van der Waals surface area contributed by atoms with Crippen molar-refractivity contribution in [2.45, 2.75) is 12.3 Å². The molecule has 1 aliphatic rings. The van der Waals surface area contributed by atoms with Gasteiger partial charge in [-0.3, -0.25) is 5.32 Å². The first kappa shape index (κ1) is 29.4. The van der Waals surface area contributed by atoms with Crippen LogP contribution < -0.4 is 10.6 Å². The predicted octanol–water partition coefficient (Wildman–Crippen LogP) is 12.8. The normalized spacial score (nSPS) is 16.4. The summed E-state index contributed by atoms with van der Waals surface area (Å²) in [5, 5.41) is 15.5. The average Bonchev–Trinajstić information content (AvgIpc) is 3.88. The van der Waals surface area contributed by atoms with Gasteiger partial charge in [-0.25, -0.2) is 4.99 Å². The van der Waals surface area contributed by atoms with Crippen molar-refractivity contribution >= 4 is 100 Å². The number of rotatable bonds is 4. The van der Waals surface area contributed by atoms with Crippen LogP contribution in [0.2, 0.25) is 0 Å². The molecule has 0 aliphatic carbocycles. The van der Waals surface area contributed by atoms with E-state index in [2.05, 4.69) is 162 Å². The molecule has 0 fully saturated rings. The molecule has 10 aromatic rings. The third kappa shape index (κ3) is 4.75. The Morgan fingerprint density at radius 3 is 1.94 bits per heavy atom. The Balaban J connectivity index is 1.03. The minimum Gasteiger partial charge on any atom is -0.350 e. The minimum atomic E-state index is -0.229. The van der Waals surface area contributed by atoms with Gasteiger partial charge in [-0.15, -0.1) is 34.0 Å². The van der Waals surface area contributed by atoms with Gasteiger partial charge in [0.2, 0.25) is 0 Å². The Morgan fingerprint density at radius 1 is 0.451 bits per heavy atom. The van der Waals surface area contributed by atoms with E-state index in [9.17, 15) is 0 Å². The zero-order valence-electron chi connectivity index (χ0n) is 27.3. The number of amidine groups is 1. The summed E-state index contributed by atoms with van der Waals surface area (Å²) in [7, 11) is 0. The second-order valence-electron chi connectivity index (χ2n) is 13.2. The summed E-state index contributed by atoms with van der Waals surface area (Å²) in [4.78, 5) is 5.34. The van der Waals surface area contributed by atoms with Crippen molar-refractivity contribution in [1.29, 1.82) is 0 Å². The van der Waals surface area contributed by atoms with Gasteiger partial charge in [0.25, 0.3) is 0 Å². The van der Waals surface area contributed by atoms with Gasteiger partial charge in [0.15, 0.2) is 0 Å². The van der Waals surface area contributed by atoms with Crippen LogP contribution in [0.3, 0.4) is 0 Å². The Bertz CT molecular complexity index is 3000. The largest absolute Gasteiger partial charge is 0.350 e. The second-order valence-corrected chi connectivity index (χ2v) is 16.3. The molecule has 0 saturated heterocycles. The van der Waals surface area contributed by atoms with Gasteiger partial charge < -0.3 is 5.32 Å². The van der Waals surface area contributed by atoms with E-state index < -0.39 is 0 Å². The van der Waals surface area contributed by atoms with Gasteiger partial charge in [0.1, 0.15) is 18.2 Å². The highest BCUT2D eigenvalue weighted by atomic mass is 32.1. The molecule has 2 unspecified atom stereocenters. The highest BCUT2D eigenvalue weighted by Gasteiger charge is 2.28. The van der Waals surface area contributed by atoms with Crippen LogP contribution in [0.25, 0.3) is 71.6 Å². The molecule has 0 saturated carbocycles. The van der Waals surface area contributed by atoms with Crippen molar-refractivity contribution < 1.29 is 0 Å². The van der Waals surface area contributed by atoms with Crippen LogP contribution in [0, 0.1) is 0 Å². The highest BCUT2D eigenvalue weighted by molar-refractivity contribution is 7.27. The van der Waals surface area contributed by atoms with Crippen LogP contribution in [-0.2, 0) is 0 Å². The van der Waals surface area contributed by atoms with Crippen LogP contribution in [0.15, 0.2) is 157 Å². The zero-order chi connectivity index (χ0) is 33.5. The van der Waals surface area contributed by atoms with E-state index in [4.69, 9.17) is 4.99 Å². The number of hydrogen-bond donors (Lipinski definition) is 2. The fraction of sp³-hybridized carbons (Fsp3) is 0.0444. The number of benzene rings is 7. The van der Waals surface area contributed by atoms with Crippen LogP contribution >= 0.6 is 34.0 Å². The van der Waals surface area contributed by atoms with Crippen molar-refractivity contribution in [1.82, 2.24) is 10.6 Å². The molecule has 2 N–H and O–H groups in total. The summed E-state index contributed by atoms with van der Waals surface area (Å²) in [5.74, 6) is 0.901. The lowest BCUT2D eigenvalue weighted by atomic mass is 10.0. The van der Waals surface area contributed by atoms with Crippen molar-refractivity contribution in [2.24, 2.45) is 4.99 Å². The molecule has 11 rings (SSSR count). The van der Waals surface area contributed by atoms with E-state index in [1.54, 1.807) is 0 Å². The van der Waals surface area contributed by atoms with Crippen LogP contribution in [0.1, 0.15) is 29.0 Å². The smallest absolute Gasteiger partial charge is 0.131 e. The van der Waals surface area contributed by atoms with Crippen molar-refractivity contribution in [3.05, 3.63) is 168 Å². The SMILES string of the molecule is c1ccc(C2=NC(c3cccc4c3sc3cc(-c5cccc6c5sc5ccccc56)ccc34)NC(c3ccc4c(c3)sc3ccccc34)N2)cc1. The molecule has 2 atom stereocenters. The minimum absolute atomic E-state index is 0.115. The molecular formula is C45H29N3S3. The lowest BCUT2D eigenvalue weighted by Crippen LogP contribution is -2.44. The van der Waals surface area contributed by atoms with E-state index in [-0.39, 0.29) is 12.3 Å². The monoisotopic (exact) mass is 707 g/mol. The third-order valence-electron chi connectivity index (χ3n) is 10.2. The zero-order valence-corrected chi connectivity index (χ0v) is 29.7. The molecule has 0 amide bonds. The third-order valence-corrected chi connectivity index (χ3v) is 13.8. The topological polar surface area (TPSA) is 36.4 Å². The maximum absolute atomic E-state index is 5.34. The lowest BCUT2D eigenvalue weighted by molar-refractivity contribution is 0.411. The number of aliphatic imine (C=N–C) groups is 1. The van der Waals surface area contributed by atoms with E-state index >= 15 is 0 Å². The Hall–Kier alpha value is -5.37. The van der Waals surface area contributed by atoms with Crippen molar-refractivity contribution in [3.8, 4) is 11.1 Å². The summed E-state index contributed by atoms with van der Waals surface area (Å²) in [5.41, 5.74) is 6.04. The summed E-state index contributed by atoms with van der Waals surface area (Å²) in [6, 6.07) is 55.2. The van der Waals surface area contributed by atoms with E-state index in [1.807, 2.05) is 34.0 Å². The molecule has 0 bridgehead atoms. The van der Waals surface area contributed by atoms with E-state index in [0.717, 1.165) is 11.4 Å². The highest BCUT2D eigenvalue weighted by Crippen LogP contribution is 2.44. The molecule has 1 aliphatic heterocycles. The number of fused-ring (bicyclic) bond motifs is 9. The summed E-state index contributed by atoms with van der Waals surface area (Å²) >= 11 is 5.62. The molecular weight excluding hydrogens is 679 g/mol. The lowest BCUT2D eigenvalue weighted by Gasteiger charge is -2.32. The Morgan fingerprint density at radius 2 is 1.08 bits per heavy atom. The van der Waals surface area contributed by atoms with Gasteiger partial charge in [-0.05, 0) is 41.0 Å².